The zero-order valence-corrected chi connectivity index (χ0v) is 22.0. The topological polar surface area (TPSA) is 99.1 Å². The van der Waals surface area contributed by atoms with Crippen LogP contribution in [-0.4, -0.2) is 54.2 Å². The van der Waals surface area contributed by atoms with Crippen LogP contribution in [-0.2, 0) is 14.4 Å². The number of aliphatic imine (C=N–C) groups is 1. The van der Waals surface area contributed by atoms with Gasteiger partial charge >= 0.3 is 18.3 Å². The van der Waals surface area contributed by atoms with Crippen molar-refractivity contribution in [3.63, 3.8) is 0 Å². The summed E-state index contributed by atoms with van der Waals surface area (Å²) in [4.78, 5) is 44.6. The third-order valence-corrected chi connectivity index (χ3v) is 6.76. The van der Waals surface area contributed by atoms with Gasteiger partial charge in [-0.1, -0.05) is 48.5 Å². The number of benzodiazepines with no additional fused rings is 1. The third kappa shape index (κ3) is 8.79. The van der Waals surface area contributed by atoms with Crippen molar-refractivity contribution >= 4 is 29.2 Å². The molecular formula is C28H29F6N3O4. The number of anilines is 1. The number of para-hydroxylation sites is 1. The van der Waals surface area contributed by atoms with Crippen LogP contribution in [0.4, 0.5) is 32.0 Å². The van der Waals surface area contributed by atoms with E-state index in [1.54, 1.807) is 54.6 Å². The van der Waals surface area contributed by atoms with Gasteiger partial charge in [0.1, 0.15) is 0 Å². The van der Waals surface area contributed by atoms with Gasteiger partial charge < -0.3 is 15.3 Å². The first-order valence-electron chi connectivity index (χ1n) is 12.8. The number of carbonyl (C=O) groups is 3. The fourth-order valence-corrected chi connectivity index (χ4v) is 4.74. The Morgan fingerprint density at radius 2 is 1.44 bits per heavy atom. The molecule has 2 aromatic rings. The minimum absolute atomic E-state index is 0.331. The van der Waals surface area contributed by atoms with Crippen molar-refractivity contribution in [1.29, 1.82) is 0 Å². The fraction of sp³-hybridized carbons (Fsp3) is 0.429. The van der Waals surface area contributed by atoms with Gasteiger partial charge in [0.25, 0.3) is 5.91 Å². The number of rotatable bonds is 11. The summed E-state index contributed by atoms with van der Waals surface area (Å²) in [5.41, 5.74) is 1.95. The van der Waals surface area contributed by atoms with E-state index in [1.165, 1.54) is 11.9 Å². The lowest BCUT2D eigenvalue weighted by Crippen LogP contribution is -2.49. The average Bonchev–Trinajstić information content (AvgIpc) is 2.99. The van der Waals surface area contributed by atoms with E-state index in [-0.39, 0.29) is 0 Å². The number of carboxylic acid groups (broad SMARTS) is 1. The van der Waals surface area contributed by atoms with Crippen LogP contribution in [0, 0.1) is 11.8 Å². The summed E-state index contributed by atoms with van der Waals surface area (Å²) in [5.74, 6) is -6.75. The zero-order chi connectivity index (χ0) is 30.4. The Labute approximate surface area is 232 Å². The van der Waals surface area contributed by atoms with E-state index in [9.17, 15) is 45.8 Å². The van der Waals surface area contributed by atoms with Gasteiger partial charge in [0, 0.05) is 31.0 Å². The highest BCUT2D eigenvalue weighted by molar-refractivity contribution is 6.20. The molecule has 3 atom stereocenters. The molecule has 0 spiro atoms. The minimum atomic E-state index is -4.59. The van der Waals surface area contributed by atoms with E-state index in [2.05, 4.69) is 10.3 Å². The highest BCUT2D eigenvalue weighted by atomic mass is 19.4. The number of fused-ring (bicyclic) bond motifs is 1. The van der Waals surface area contributed by atoms with Crippen molar-refractivity contribution in [2.75, 3.05) is 11.9 Å². The Hall–Kier alpha value is -3.90. The molecule has 0 saturated carbocycles. The number of nitrogens with zero attached hydrogens (tertiary/aromatic N) is 2. The van der Waals surface area contributed by atoms with Crippen molar-refractivity contribution < 1.29 is 45.8 Å². The summed E-state index contributed by atoms with van der Waals surface area (Å²) in [6, 6.07) is 15.5. The minimum Gasteiger partial charge on any atom is -0.481 e. The predicted molar refractivity (Wildman–Crippen MR) is 138 cm³/mol. The lowest BCUT2D eigenvalue weighted by Gasteiger charge is -2.26. The Morgan fingerprint density at radius 3 is 2.00 bits per heavy atom. The first-order valence-corrected chi connectivity index (χ1v) is 12.8. The molecule has 3 rings (SSSR count). The second-order valence-corrected chi connectivity index (χ2v) is 9.74. The first kappa shape index (κ1) is 31.6. The van der Waals surface area contributed by atoms with Gasteiger partial charge in [-0.2, -0.15) is 26.3 Å². The molecule has 222 valence electrons. The molecular weight excluding hydrogens is 556 g/mol. The van der Waals surface area contributed by atoms with Gasteiger partial charge in [-0.3, -0.25) is 14.4 Å². The molecule has 0 aliphatic carbocycles. The van der Waals surface area contributed by atoms with E-state index in [0.717, 1.165) is 0 Å². The summed E-state index contributed by atoms with van der Waals surface area (Å²) >= 11 is 0. The number of hydrogen-bond donors (Lipinski definition) is 2. The van der Waals surface area contributed by atoms with Crippen LogP contribution in [0.5, 0.6) is 0 Å². The van der Waals surface area contributed by atoms with Crippen LogP contribution in [0.3, 0.4) is 0 Å². The predicted octanol–water partition coefficient (Wildman–Crippen LogP) is 5.72. The van der Waals surface area contributed by atoms with Crippen molar-refractivity contribution in [3.05, 3.63) is 65.7 Å². The Bertz CT molecular complexity index is 1260. The molecule has 1 aliphatic rings. The van der Waals surface area contributed by atoms with E-state index in [0.29, 0.717) is 22.5 Å². The third-order valence-electron chi connectivity index (χ3n) is 6.76. The van der Waals surface area contributed by atoms with Crippen LogP contribution in [0.2, 0.25) is 0 Å². The molecule has 0 aromatic heterocycles. The smallest absolute Gasteiger partial charge is 0.389 e. The Kier molecular flexibility index (Phi) is 10.2. The number of likely N-dealkylation sites (N-methyl/N-ethyl adjacent to an activating group) is 1. The maximum atomic E-state index is 13.4. The average molecular weight is 586 g/mol. The van der Waals surface area contributed by atoms with Crippen LogP contribution in [0.1, 0.15) is 49.7 Å². The van der Waals surface area contributed by atoms with Gasteiger partial charge in [-0.05, 0) is 31.7 Å². The molecule has 0 saturated heterocycles. The Balaban J connectivity index is 1.96. The number of amides is 2. The molecule has 2 aromatic carbocycles. The molecule has 1 aliphatic heterocycles. The monoisotopic (exact) mass is 585 g/mol. The van der Waals surface area contributed by atoms with Crippen LogP contribution >= 0.6 is 0 Å². The van der Waals surface area contributed by atoms with Gasteiger partial charge in [-0.25, -0.2) is 4.99 Å². The Morgan fingerprint density at radius 1 is 0.902 bits per heavy atom. The lowest BCUT2D eigenvalue weighted by atomic mass is 9.83. The summed E-state index contributed by atoms with van der Waals surface area (Å²) in [5, 5.41) is 12.1. The van der Waals surface area contributed by atoms with Gasteiger partial charge in [-0.15, -0.1) is 0 Å². The number of nitrogens with one attached hydrogen (secondary N) is 1. The number of alkyl halides is 6. The number of halogens is 6. The lowest BCUT2D eigenvalue weighted by molar-refractivity contribution is -0.151. The van der Waals surface area contributed by atoms with Crippen molar-refractivity contribution in [2.45, 2.75) is 57.0 Å². The number of carbonyl (C=O) groups excluding carboxylic acids is 2. The molecule has 7 nitrogen and oxygen atoms in total. The van der Waals surface area contributed by atoms with E-state index in [1.807, 2.05) is 0 Å². The standard InChI is InChI=1S/C28H29F6N3O4/c1-37-21-14-6-5-11-20(21)22(17-9-3-2-4-10-17)35-23(25(37)39)36-24(38)18(12-7-15-27(29,30)31)19(26(40)41)13-8-16-28(32,33)34/h2-6,9-11,14,18-19,23H,7-8,12-13,15-16H2,1H3,(H,36,38)(H,40,41). The molecule has 3 unspecified atom stereocenters. The molecule has 2 amide bonds. The normalized spacial score (nSPS) is 17.2. The zero-order valence-electron chi connectivity index (χ0n) is 22.0. The van der Waals surface area contributed by atoms with E-state index in [4.69, 9.17) is 0 Å². The molecule has 2 N–H and O–H groups in total. The molecule has 0 bridgehead atoms. The molecule has 13 heteroatoms. The summed E-state index contributed by atoms with van der Waals surface area (Å²) < 4.78 is 76.6. The second-order valence-electron chi connectivity index (χ2n) is 9.74. The fourth-order valence-electron chi connectivity index (χ4n) is 4.74. The quantitative estimate of drug-likeness (QED) is 0.330. The van der Waals surface area contributed by atoms with Crippen molar-refractivity contribution in [2.24, 2.45) is 16.8 Å². The van der Waals surface area contributed by atoms with Gasteiger partial charge in [0.05, 0.1) is 23.2 Å². The summed E-state index contributed by atoms with van der Waals surface area (Å²) in [6.07, 6.45) is -15.8. The SMILES string of the molecule is CN1C(=O)C(NC(=O)C(CCCC(F)(F)F)C(CCCC(F)(F)F)C(=O)O)N=C(c2ccccc2)c2ccccc21. The van der Waals surface area contributed by atoms with Crippen LogP contribution < -0.4 is 10.2 Å². The first-order chi connectivity index (χ1) is 19.2. The maximum Gasteiger partial charge on any atom is 0.389 e. The number of hydrogen-bond acceptors (Lipinski definition) is 4. The molecule has 1 heterocycles. The number of carboxylic acids is 1. The number of benzene rings is 2. The van der Waals surface area contributed by atoms with E-state index < -0.39 is 86.7 Å². The molecule has 0 radical (unpaired) electrons. The van der Waals surface area contributed by atoms with Gasteiger partial charge in [0.2, 0.25) is 12.1 Å². The van der Waals surface area contributed by atoms with Crippen molar-refractivity contribution in [3.8, 4) is 0 Å². The van der Waals surface area contributed by atoms with Crippen LogP contribution in [0.15, 0.2) is 59.6 Å². The highest BCUT2D eigenvalue weighted by Gasteiger charge is 2.39. The largest absolute Gasteiger partial charge is 0.481 e. The highest BCUT2D eigenvalue weighted by Crippen LogP contribution is 2.32. The second kappa shape index (κ2) is 13.2. The summed E-state index contributed by atoms with van der Waals surface area (Å²) in [7, 11) is 1.45. The summed E-state index contributed by atoms with van der Waals surface area (Å²) in [6.45, 7) is 0. The van der Waals surface area contributed by atoms with Crippen LogP contribution in [0.25, 0.3) is 0 Å². The van der Waals surface area contributed by atoms with E-state index >= 15 is 0 Å². The molecule has 0 fully saturated rings. The maximum absolute atomic E-state index is 13.4. The van der Waals surface area contributed by atoms with Crippen molar-refractivity contribution in [1.82, 2.24) is 5.32 Å². The van der Waals surface area contributed by atoms with Gasteiger partial charge in [0.15, 0.2) is 0 Å². The number of aliphatic carboxylic acids is 1. The molecule has 41 heavy (non-hydrogen) atoms.